The van der Waals surface area contributed by atoms with Crippen LogP contribution in [0.4, 0.5) is 0 Å². The van der Waals surface area contributed by atoms with E-state index in [0.717, 1.165) is 6.42 Å². The summed E-state index contributed by atoms with van der Waals surface area (Å²) in [6.45, 7) is 6.52. The molecule has 10 nitrogen and oxygen atoms in total. The predicted molar refractivity (Wildman–Crippen MR) is 102 cm³/mol. The minimum absolute atomic E-state index is 0.136. The molecule has 0 bridgehead atoms. The molecule has 2 fully saturated rings. The number of ether oxygens (including phenoxy) is 4. The number of carbonyl (C=O) groups excluding carboxylic acids is 2. The first-order chi connectivity index (χ1) is 13.8. The zero-order chi connectivity index (χ0) is 21.8. The molecule has 2 saturated heterocycles. The van der Waals surface area contributed by atoms with Crippen LogP contribution in [0.5, 0.6) is 0 Å². The van der Waals surface area contributed by atoms with Crippen LogP contribution in [0.15, 0.2) is 0 Å². The summed E-state index contributed by atoms with van der Waals surface area (Å²) in [5.74, 6) is -0.529. The maximum absolute atomic E-state index is 11.5. The molecule has 0 saturated carbocycles. The number of aliphatic hydroxyl groups excluding tert-OH is 3. The topological polar surface area (TPSA) is 144 Å². The molecule has 0 spiro atoms. The highest BCUT2D eigenvalue weighted by Gasteiger charge is 2.35. The molecule has 170 valence electrons. The van der Waals surface area contributed by atoms with E-state index in [4.69, 9.17) is 24.1 Å². The van der Waals surface area contributed by atoms with Gasteiger partial charge in [0.1, 0.15) is 12.2 Å². The van der Waals surface area contributed by atoms with Gasteiger partial charge in [-0.3, -0.25) is 4.79 Å². The van der Waals surface area contributed by atoms with Crippen molar-refractivity contribution in [2.75, 3.05) is 33.0 Å². The van der Waals surface area contributed by atoms with Crippen molar-refractivity contribution in [3.8, 4) is 0 Å². The van der Waals surface area contributed by atoms with Crippen LogP contribution < -0.4 is 5.32 Å². The summed E-state index contributed by atoms with van der Waals surface area (Å²) in [5.41, 5.74) is 0. The number of aliphatic hydroxyl groups is 3. The maximum atomic E-state index is 11.5. The molecule has 0 aliphatic carbocycles. The van der Waals surface area contributed by atoms with Gasteiger partial charge in [-0.05, 0) is 19.8 Å². The third-order valence-electron chi connectivity index (χ3n) is 4.49. The van der Waals surface area contributed by atoms with Crippen molar-refractivity contribution >= 4 is 11.9 Å². The van der Waals surface area contributed by atoms with Gasteiger partial charge in [0.25, 0.3) is 0 Å². The molecule has 0 aromatic carbocycles. The highest BCUT2D eigenvalue weighted by atomic mass is 16.6. The van der Waals surface area contributed by atoms with E-state index in [0.29, 0.717) is 26.2 Å². The Morgan fingerprint density at radius 2 is 1.83 bits per heavy atom. The van der Waals surface area contributed by atoms with Crippen molar-refractivity contribution in [1.29, 1.82) is 0 Å². The van der Waals surface area contributed by atoms with E-state index in [-0.39, 0.29) is 37.7 Å². The second kappa shape index (κ2) is 13.8. The number of nitrogens with one attached hydrogen (secondary N) is 1. The number of esters is 1. The van der Waals surface area contributed by atoms with Gasteiger partial charge in [-0.2, -0.15) is 0 Å². The molecule has 1 amide bonds. The Morgan fingerprint density at radius 3 is 2.34 bits per heavy atom. The van der Waals surface area contributed by atoms with Gasteiger partial charge in [0.15, 0.2) is 6.10 Å². The monoisotopic (exact) mass is 421 g/mol. The number of carbonyl (C=O) groups is 2. The van der Waals surface area contributed by atoms with Crippen LogP contribution in [0.2, 0.25) is 0 Å². The summed E-state index contributed by atoms with van der Waals surface area (Å²) in [6.07, 6.45) is -1.40. The van der Waals surface area contributed by atoms with Crippen molar-refractivity contribution in [1.82, 2.24) is 5.32 Å². The average molecular weight is 421 g/mol. The van der Waals surface area contributed by atoms with E-state index >= 15 is 0 Å². The Kier molecular flexibility index (Phi) is 12.3. The molecule has 0 aromatic rings. The summed E-state index contributed by atoms with van der Waals surface area (Å²) in [4.78, 5) is 22.1. The largest absolute Gasteiger partial charge is 0.464 e. The Labute approximate surface area is 171 Å². The molecule has 29 heavy (non-hydrogen) atoms. The van der Waals surface area contributed by atoms with Crippen LogP contribution in [0.3, 0.4) is 0 Å². The molecule has 0 radical (unpaired) electrons. The highest BCUT2D eigenvalue weighted by molar-refractivity contribution is 5.74. The third kappa shape index (κ3) is 9.37. The summed E-state index contributed by atoms with van der Waals surface area (Å²) in [5, 5.41) is 30.6. The lowest BCUT2D eigenvalue weighted by atomic mass is 10.0. The van der Waals surface area contributed by atoms with Crippen LogP contribution in [-0.2, 0) is 28.5 Å². The van der Waals surface area contributed by atoms with E-state index < -0.39 is 30.4 Å². The second-order valence-corrected chi connectivity index (χ2v) is 7.04. The number of hydrogen-bond acceptors (Lipinski definition) is 9. The molecule has 2 rings (SSSR count). The van der Waals surface area contributed by atoms with Gasteiger partial charge in [0.2, 0.25) is 5.91 Å². The Morgan fingerprint density at radius 1 is 1.10 bits per heavy atom. The van der Waals surface area contributed by atoms with Crippen molar-refractivity contribution in [2.24, 2.45) is 0 Å². The predicted octanol–water partition coefficient (Wildman–Crippen LogP) is -0.872. The molecule has 6 unspecified atom stereocenters. The first-order valence-electron chi connectivity index (χ1n) is 10.1. The van der Waals surface area contributed by atoms with Crippen LogP contribution in [-0.4, -0.2) is 96.8 Å². The van der Waals surface area contributed by atoms with Crippen LogP contribution in [0.25, 0.3) is 0 Å². The average Bonchev–Trinajstić information content (AvgIpc) is 2.68. The molecule has 10 heteroatoms. The molecule has 2 aliphatic heterocycles. The van der Waals surface area contributed by atoms with E-state index in [1.807, 2.05) is 13.8 Å². The second-order valence-electron chi connectivity index (χ2n) is 7.04. The number of hydrogen-bond donors (Lipinski definition) is 4. The van der Waals surface area contributed by atoms with E-state index in [1.54, 1.807) is 0 Å². The minimum Gasteiger partial charge on any atom is -0.464 e. The van der Waals surface area contributed by atoms with Crippen molar-refractivity contribution in [2.45, 2.75) is 76.6 Å². The first-order valence-corrected chi connectivity index (χ1v) is 10.1. The summed E-state index contributed by atoms with van der Waals surface area (Å²) in [6, 6.07) is -0.143. The van der Waals surface area contributed by atoms with E-state index in [1.165, 1.54) is 6.92 Å². The normalized spacial score (nSPS) is 31.9. The smallest absolute Gasteiger partial charge is 0.335 e. The fourth-order valence-electron chi connectivity index (χ4n) is 3.02. The van der Waals surface area contributed by atoms with Crippen LogP contribution >= 0.6 is 0 Å². The molecule has 4 N–H and O–H groups in total. The fourth-order valence-corrected chi connectivity index (χ4v) is 3.02. The maximum Gasteiger partial charge on any atom is 0.335 e. The van der Waals surface area contributed by atoms with Crippen LogP contribution in [0.1, 0.15) is 40.0 Å². The van der Waals surface area contributed by atoms with Crippen molar-refractivity contribution in [3.63, 3.8) is 0 Å². The highest BCUT2D eigenvalue weighted by Crippen LogP contribution is 2.18. The van der Waals surface area contributed by atoms with Gasteiger partial charge in [0, 0.05) is 20.0 Å². The van der Waals surface area contributed by atoms with Gasteiger partial charge < -0.3 is 39.6 Å². The molecule has 2 heterocycles. The third-order valence-corrected chi connectivity index (χ3v) is 4.49. The zero-order valence-electron chi connectivity index (χ0n) is 17.4. The summed E-state index contributed by atoms with van der Waals surface area (Å²) >= 11 is 0. The zero-order valence-corrected chi connectivity index (χ0v) is 17.4. The Bertz CT molecular complexity index is 490. The van der Waals surface area contributed by atoms with E-state index in [2.05, 4.69) is 5.32 Å². The molecule has 2 aliphatic rings. The van der Waals surface area contributed by atoms with Crippen molar-refractivity contribution < 1.29 is 43.9 Å². The van der Waals surface area contributed by atoms with Gasteiger partial charge in [-0.1, -0.05) is 6.92 Å². The fraction of sp³-hybridized carbons (Fsp3) is 0.895. The Hall–Kier alpha value is -1.30. The molecular weight excluding hydrogens is 386 g/mol. The minimum atomic E-state index is -0.699. The number of rotatable bonds is 7. The molecule has 6 atom stereocenters. The van der Waals surface area contributed by atoms with Gasteiger partial charge >= 0.3 is 5.97 Å². The Balaban J connectivity index is 0.000000296. The quantitative estimate of drug-likeness (QED) is 0.386. The van der Waals surface area contributed by atoms with Crippen LogP contribution in [0, 0.1) is 0 Å². The molecular formula is C19H35NO9. The van der Waals surface area contributed by atoms with Gasteiger partial charge in [0.05, 0.1) is 44.7 Å². The summed E-state index contributed by atoms with van der Waals surface area (Å²) in [7, 11) is 0. The lowest BCUT2D eigenvalue weighted by Gasteiger charge is -2.32. The van der Waals surface area contributed by atoms with Crippen molar-refractivity contribution in [3.05, 3.63) is 0 Å². The van der Waals surface area contributed by atoms with Gasteiger partial charge in [-0.25, -0.2) is 4.79 Å². The first kappa shape index (κ1) is 25.7. The molecule has 0 aromatic heterocycles. The SMILES string of the molecule is CC(=O)NC1COC(CO)C(O)C1.CCCOC(=O)C1CC(O)C(OCC)CO1. The summed E-state index contributed by atoms with van der Waals surface area (Å²) < 4.78 is 20.7. The number of amides is 1. The lowest BCUT2D eigenvalue weighted by Crippen LogP contribution is -2.49. The van der Waals surface area contributed by atoms with E-state index in [9.17, 15) is 19.8 Å². The standard InChI is InChI=1S/C11H20O5.C8H15NO4/c1-3-5-15-11(13)9-6-8(12)10(7-16-9)14-4-2;1-5(11)9-6-2-7(12)8(3-10)13-4-6/h8-10,12H,3-7H2,1-2H3;6-8,10,12H,2-4H2,1H3,(H,9,11). The van der Waals surface area contributed by atoms with Gasteiger partial charge in [-0.15, -0.1) is 0 Å². The lowest BCUT2D eigenvalue weighted by molar-refractivity contribution is -0.180.